The van der Waals surface area contributed by atoms with E-state index in [0.717, 1.165) is 24.1 Å². The van der Waals surface area contributed by atoms with Crippen LogP contribution in [0.25, 0.3) is 4.96 Å². The molecule has 2 aromatic rings. The van der Waals surface area contributed by atoms with Gasteiger partial charge >= 0.3 is 0 Å². The molecular formula is C12H16N2O2S. The first kappa shape index (κ1) is 12.1. The van der Waals surface area contributed by atoms with E-state index < -0.39 is 0 Å². The van der Waals surface area contributed by atoms with Crippen molar-refractivity contribution in [2.45, 2.75) is 26.7 Å². The van der Waals surface area contributed by atoms with Gasteiger partial charge in [-0.25, -0.2) is 0 Å². The quantitative estimate of drug-likeness (QED) is 0.586. The van der Waals surface area contributed by atoms with Gasteiger partial charge in [0.2, 0.25) is 5.88 Å². The standard InChI is InChI=1S/C12H16N2O2S/c1-9(2)4-3-6-16-11-10(8-15)14-5-7-17-12(14)13-11/h5,7-9H,3-4,6H2,1-2H3. The molecule has 0 atom stereocenters. The van der Waals surface area contributed by atoms with E-state index in [4.69, 9.17) is 4.74 Å². The second-order valence-electron chi connectivity index (χ2n) is 4.36. The van der Waals surface area contributed by atoms with E-state index in [1.54, 1.807) is 4.40 Å². The van der Waals surface area contributed by atoms with E-state index in [2.05, 4.69) is 18.8 Å². The smallest absolute Gasteiger partial charge is 0.244 e. The largest absolute Gasteiger partial charge is 0.476 e. The summed E-state index contributed by atoms with van der Waals surface area (Å²) in [4.78, 5) is 16.1. The van der Waals surface area contributed by atoms with Gasteiger partial charge < -0.3 is 4.74 Å². The Morgan fingerprint density at radius 3 is 3.12 bits per heavy atom. The van der Waals surface area contributed by atoms with Crippen LogP contribution in [0, 0.1) is 5.92 Å². The summed E-state index contributed by atoms with van der Waals surface area (Å²) in [6, 6.07) is 0. The molecule has 0 aliphatic rings. The highest BCUT2D eigenvalue weighted by Crippen LogP contribution is 2.22. The molecule has 0 aromatic carbocycles. The SMILES string of the molecule is CC(C)CCCOc1nc2sccn2c1C=O. The molecule has 4 nitrogen and oxygen atoms in total. The van der Waals surface area contributed by atoms with Crippen LogP contribution in [0.2, 0.25) is 0 Å². The molecule has 0 amide bonds. The fourth-order valence-corrected chi connectivity index (χ4v) is 2.37. The predicted molar refractivity (Wildman–Crippen MR) is 68.0 cm³/mol. The van der Waals surface area contributed by atoms with Crippen molar-refractivity contribution in [3.8, 4) is 5.88 Å². The number of hydrogen-bond donors (Lipinski definition) is 0. The molecule has 92 valence electrons. The summed E-state index contributed by atoms with van der Waals surface area (Å²) in [5.41, 5.74) is 0.505. The van der Waals surface area contributed by atoms with Crippen LogP contribution in [0.1, 0.15) is 37.2 Å². The molecule has 2 aromatic heterocycles. The lowest BCUT2D eigenvalue weighted by molar-refractivity contribution is 0.111. The van der Waals surface area contributed by atoms with Crippen LogP contribution in [0.5, 0.6) is 5.88 Å². The molecule has 0 aliphatic carbocycles. The molecule has 2 heterocycles. The lowest BCUT2D eigenvalue weighted by Gasteiger charge is -2.05. The van der Waals surface area contributed by atoms with Crippen LogP contribution < -0.4 is 4.74 Å². The molecule has 0 saturated heterocycles. The van der Waals surface area contributed by atoms with Gasteiger partial charge in [0.15, 0.2) is 16.9 Å². The summed E-state index contributed by atoms with van der Waals surface area (Å²) in [6.07, 6.45) is 4.74. The maximum absolute atomic E-state index is 11.0. The first-order valence-electron chi connectivity index (χ1n) is 5.76. The average Bonchev–Trinajstić information content (AvgIpc) is 2.83. The number of nitrogens with zero attached hydrogens (tertiary/aromatic N) is 2. The highest BCUT2D eigenvalue weighted by atomic mass is 32.1. The second-order valence-corrected chi connectivity index (χ2v) is 5.23. The number of carbonyl (C=O) groups excluding carboxylic acids is 1. The van der Waals surface area contributed by atoms with Crippen LogP contribution in [0.15, 0.2) is 11.6 Å². The van der Waals surface area contributed by atoms with Crippen LogP contribution >= 0.6 is 11.3 Å². The van der Waals surface area contributed by atoms with Gasteiger partial charge in [0.05, 0.1) is 6.61 Å². The summed E-state index contributed by atoms with van der Waals surface area (Å²) in [6.45, 7) is 4.98. The predicted octanol–water partition coefficient (Wildman–Crippen LogP) is 3.02. The van der Waals surface area contributed by atoms with Gasteiger partial charge in [-0.3, -0.25) is 9.20 Å². The van der Waals surface area contributed by atoms with E-state index in [1.165, 1.54) is 11.3 Å². The summed E-state index contributed by atoms with van der Waals surface area (Å²) < 4.78 is 7.32. The van der Waals surface area contributed by atoms with Gasteiger partial charge in [0.25, 0.3) is 0 Å². The molecule has 0 unspecified atom stereocenters. The normalized spacial score (nSPS) is 11.2. The van der Waals surface area contributed by atoms with Gasteiger partial charge in [0, 0.05) is 11.6 Å². The van der Waals surface area contributed by atoms with Gasteiger partial charge in [-0.15, -0.1) is 11.3 Å². The lowest BCUT2D eigenvalue weighted by atomic mass is 10.1. The van der Waals surface area contributed by atoms with Crippen molar-refractivity contribution >= 4 is 22.6 Å². The zero-order valence-electron chi connectivity index (χ0n) is 10.0. The number of imidazole rings is 1. The fourth-order valence-electron chi connectivity index (χ4n) is 1.66. The van der Waals surface area contributed by atoms with Crippen molar-refractivity contribution in [2.75, 3.05) is 6.61 Å². The third-order valence-electron chi connectivity index (χ3n) is 2.54. The number of aldehydes is 1. The Labute approximate surface area is 104 Å². The highest BCUT2D eigenvalue weighted by molar-refractivity contribution is 7.15. The number of thiazole rings is 1. The van der Waals surface area contributed by atoms with E-state index in [9.17, 15) is 4.79 Å². The third-order valence-corrected chi connectivity index (χ3v) is 3.30. The molecule has 5 heteroatoms. The maximum atomic E-state index is 11.0. The number of ether oxygens (including phenoxy) is 1. The topological polar surface area (TPSA) is 43.6 Å². The van der Waals surface area contributed by atoms with Crippen LogP contribution in [-0.2, 0) is 0 Å². The number of hydrogen-bond acceptors (Lipinski definition) is 4. The van der Waals surface area contributed by atoms with E-state index in [-0.39, 0.29) is 0 Å². The number of aromatic nitrogens is 2. The number of rotatable bonds is 6. The molecule has 0 aliphatic heterocycles. The Morgan fingerprint density at radius 2 is 2.41 bits per heavy atom. The van der Waals surface area contributed by atoms with Crippen molar-refractivity contribution in [1.82, 2.24) is 9.38 Å². The zero-order valence-corrected chi connectivity index (χ0v) is 10.9. The lowest BCUT2D eigenvalue weighted by Crippen LogP contribution is -2.02. The van der Waals surface area contributed by atoms with Crippen LogP contribution in [-0.4, -0.2) is 22.3 Å². The minimum Gasteiger partial charge on any atom is -0.476 e. The minimum atomic E-state index is 0.454. The maximum Gasteiger partial charge on any atom is 0.244 e. The van der Waals surface area contributed by atoms with Gasteiger partial charge in [-0.2, -0.15) is 4.98 Å². The number of fused-ring (bicyclic) bond motifs is 1. The fraction of sp³-hybridized carbons (Fsp3) is 0.500. The van der Waals surface area contributed by atoms with Gasteiger partial charge in [0.1, 0.15) is 0 Å². The second kappa shape index (κ2) is 5.31. The molecular weight excluding hydrogens is 236 g/mol. The summed E-state index contributed by atoms with van der Waals surface area (Å²) in [5, 5.41) is 1.90. The Morgan fingerprint density at radius 1 is 1.59 bits per heavy atom. The van der Waals surface area contributed by atoms with E-state index in [0.29, 0.717) is 24.1 Å². The van der Waals surface area contributed by atoms with Crippen LogP contribution in [0.4, 0.5) is 0 Å². The monoisotopic (exact) mass is 252 g/mol. The Kier molecular flexibility index (Phi) is 3.78. The zero-order chi connectivity index (χ0) is 12.3. The summed E-state index contributed by atoms with van der Waals surface area (Å²) in [7, 11) is 0. The van der Waals surface area contributed by atoms with Crippen molar-refractivity contribution in [3.05, 3.63) is 17.3 Å². The van der Waals surface area contributed by atoms with Crippen molar-refractivity contribution in [1.29, 1.82) is 0 Å². The Bertz CT molecular complexity index is 502. The highest BCUT2D eigenvalue weighted by Gasteiger charge is 2.13. The molecule has 0 fully saturated rings. The molecule has 0 saturated carbocycles. The molecule has 0 N–H and O–H groups in total. The molecule has 17 heavy (non-hydrogen) atoms. The van der Waals surface area contributed by atoms with Crippen molar-refractivity contribution < 1.29 is 9.53 Å². The molecule has 2 rings (SSSR count). The van der Waals surface area contributed by atoms with Crippen molar-refractivity contribution in [3.63, 3.8) is 0 Å². The first-order chi connectivity index (χ1) is 8.22. The minimum absolute atomic E-state index is 0.454. The summed E-state index contributed by atoms with van der Waals surface area (Å²) in [5.74, 6) is 1.13. The van der Waals surface area contributed by atoms with Gasteiger partial charge in [-0.1, -0.05) is 13.8 Å². The Hall–Kier alpha value is -1.36. The summed E-state index contributed by atoms with van der Waals surface area (Å²) >= 11 is 1.49. The first-order valence-corrected chi connectivity index (χ1v) is 6.64. The molecule has 0 radical (unpaired) electrons. The van der Waals surface area contributed by atoms with E-state index in [1.807, 2.05) is 11.6 Å². The molecule has 0 bridgehead atoms. The van der Waals surface area contributed by atoms with Crippen LogP contribution in [0.3, 0.4) is 0 Å². The third kappa shape index (κ3) is 2.66. The number of carbonyl (C=O) groups is 1. The molecule has 0 spiro atoms. The van der Waals surface area contributed by atoms with Gasteiger partial charge in [-0.05, 0) is 18.8 Å². The average molecular weight is 252 g/mol. The van der Waals surface area contributed by atoms with Crippen molar-refractivity contribution in [2.24, 2.45) is 5.92 Å². The Balaban J connectivity index is 2.02. The van der Waals surface area contributed by atoms with E-state index >= 15 is 0 Å².